The molecule has 3 heterocycles. The standard InChI is InChI=1S/C52H33N3O/c1-2-15-35(16-3-1)53-44-23-10-7-20-42(44)51-45(53)24-13-25-46(51)55(48-26-12-21-40-39-18-8-11-27-49(39)56-52(40)48)37-31-29-36(30-32-37)54-43-22-9-6-19-41(43)50-38-17-5-4-14-34(38)28-33-47(50)54/h1-33H. The summed E-state index contributed by atoms with van der Waals surface area (Å²) in [5, 5.41) is 9.62. The van der Waals surface area contributed by atoms with E-state index in [4.69, 9.17) is 4.42 Å². The van der Waals surface area contributed by atoms with Crippen LogP contribution in [-0.4, -0.2) is 9.13 Å². The lowest BCUT2D eigenvalue weighted by atomic mass is 10.0. The van der Waals surface area contributed by atoms with Crippen molar-refractivity contribution in [3.8, 4) is 11.4 Å². The van der Waals surface area contributed by atoms with E-state index in [2.05, 4.69) is 208 Å². The fourth-order valence-electron chi connectivity index (χ4n) is 9.13. The Bertz CT molecular complexity index is 3480. The fraction of sp³-hybridized carbons (Fsp3) is 0. The van der Waals surface area contributed by atoms with E-state index in [1.807, 2.05) is 6.07 Å². The minimum absolute atomic E-state index is 0.857. The first-order chi connectivity index (χ1) is 27.8. The second-order valence-electron chi connectivity index (χ2n) is 14.5. The highest BCUT2D eigenvalue weighted by Crippen LogP contribution is 2.47. The molecule has 4 nitrogen and oxygen atoms in total. The van der Waals surface area contributed by atoms with Crippen molar-refractivity contribution in [2.24, 2.45) is 0 Å². The summed E-state index contributed by atoms with van der Waals surface area (Å²) in [6, 6.07) is 71.9. The molecule has 0 saturated heterocycles. The van der Waals surface area contributed by atoms with Crippen LogP contribution in [0.25, 0.3) is 87.7 Å². The maximum absolute atomic E-state index is 6.74. The summed E-state index contributed by atoms with van der Waals surface area (Å²) in [6.07, 6.45) is 0. The molecule has 0 N–H and O–H groups in total. The second kappa shape index (κ2) is 12.0. The predicted octanol–water partition coefficient (Wildman–Crippen LogP) is 14.4. The highest BCUT2D eigenvalue weighted by Gasteiger charge is 2.24. The molecule has 0 aliphatic carbocycles. The molecule has 0 spiro atoms. The van der Waals surface area contributed by atoms with Crippen LogP contribution >= 0.6 is 0 Å². The molecule has 0 unspecified atom stereocenters. The van der Waals surface area contributed by atoms with Gasteiger partial charge in [-0.15, -0.1) is 0 Å². The Morgan fingerprint density at radius 2 is 0.893 bits per heavy atom. The van der Waals surface area contributed by atoms with E-state index in [1.165, 1.54) is 43.4 Å². The molecule has 4 heteroatoms. The van der Waals surface area contributed by atoms with Crippen molar-refractivity contribution >= 4 is 93.4 Å². The normalized spacial score (nSPS) is 11.9. The Labute approximate surface area is 322 Å². The zero-order chi connectivity index (χ0) is 36.7. The van der Waals surface area contributed by atoms with Gasteiger partial charge in [0.2, 0.25) is 0 Å². The summed E-state index contributed by atoms with van der Waals surface area (Å²) in [4.78, 5) is 2.39. The van der Waals surface area contributed by atoms with Crippen LogP contribution in [0.15, 0.2) is 205 Å². The van der Waals surface area contributed by atoms with E-state index in [0.29, 0.717) is 0 Å². The highest BCUT2D eigenvalue weighted by molar-refractivity contribution is 6.22. The third-order valence-corrected chi connectivity index (χ3v) is 11.5. The minimum atomic E-state index is 0.857. The molecule has 9 aromatic carbocycles. The van der Waals surface area contributed by atoms with Gasteiger partial charge in [0.15, 0.2) is 5.58 Å². The Kier molecular flexibility index (Phi) is 6.60. The van der Waals surface area contributed by atoms with Gasteiger partial charge in [-0.1, -0.05) is 121 Å². The number of hydrogen-bond donors (Lipinski definition) is 0. The summed E-state index contributed by atoms with van der Waals surface area (Å²) in [7, 11) is 0. The number of para-hydroxylation sites is 5. The van der Waals surface area contributed by atoms with Gasteiger partial charge < -0.3 is 18.5 Å². The molecule has 3 aromatic heterocycles. The molecule has 56 heavy (non-hydrogen) atoms. The molecular formula is C52H33N3O. The summed E-state index contributed by atoms with van der Waals surface area (Å²) in [5.41, 5.74) is 11.8. The van der Waals surface area contributed by atoms with Gasteiger partial charge in [0.05, 0.1) is 33.4 Å². The smallest absolute Gasteiger partial charge is 0.159 e. The lowest BCUT2D eigenvalue weighted by Crippen LogP contribution is -2.11. The first kappa shape index (κ1) is 30.9. The molecular weight excluding hydrogens is 683 g/mol. The van der Waals surface area contributed by atoms with Crippen LogP contribution in [0, 0.1) is 0 Å². The number of fused-ring (bicyclic) bond motifs is 11. The number of aromatic nitrogens is 2. The molecule has 0 radical (unpaired) electrons. The Balaban J connectivity index is 1.13. The van der Waals surface area contributed by atoms with Gasteiger partial charge in [0.1, 0.15) is 5.58 Å². The van der Waals surface area contributed by atoms with Crippen LogP contribution in [0.4, 0.5) is 17.1 Å². The molecule has 0 aliphatic heterocycles. The largest absolute Gasteiger partial charge is 0.454 e. The molecule has 12 aromatic rings. The van der Waals surface area contributed by atoms with Crippen molar-refractivity contribution in [1.29, 1.82) is 0 Å². The molecule has 0 fully saturated rings. The monoisotopic (exact) mass is 715 g/mol. The third kappa shape index (κ3) is 4.41. The van der Waals surface area contributed by atoms with Crippen molar-refractivity contribution in [2.45, 2.75) is 0 Å². The molecule has 0 saturated carbocycles. The van der Waals surface area contributed by atoms with Gasteiger partial charge in [-0.2, -0.15) is 0 Å². The average molecular weight is 716 g/mol. The van der Waals surface area contributed by atoms with E-state index in [1.54, 1.807) is 0 Å². The maximum atomic E-state index is 6.74. The summed E-state index contributed by atoms with van der Waals surface area (Å²) in [6.45, 7) is 0. The fourth-order valence-corrected chi connectivity index (χ4v) is 9.13. The highest BCUT2D eigenvalue weighted by atomic mass is 16.3. The van der Waals surface area contributed by atoms with Crippen molar-refractivity contribution in [3.63, 3.8) is 0 Å². The van der Waals surface area contributed by atoms with Gasteiger partial charge in [-0.3, -0.25) is 0 Å². The average Bonchev–Trinajstić information content (AvgIpc) is 3.93. The number of hydrogen-bond acceptors (Lipinski definition) is 2. The van der Waals surface area contributed by atoms with Crippen molar-refractivity contribution in [2.75, 3.05) is 4.90 Å². The van der Waals surface area contributed by atoms with Crippen LogP contribution in [0.3, 0.4) is 0 Å². The first-order valence-electron chi connectivity index (χ1n) is 19.1. The van der Waals surface area contributed by atoms with E-state index in [9.17, 15) is 0 Å². The van der Waals surface area contributed by atoms with Crippen molar-refractivity contribution in [1.82, 2.24) is 9.13 Å². The Hall–Kier alpha value is -7.56. The first-order valence-corrected chi connectivity index (χ1v) is 19.1. The van der Waals surface area contributed by atoms with Gasteiger partial charge >= 0.3 is 0 Å². The van der Waals surface area contributed by atoms with E-state index in [-0.39, 0.29) is 0 Å². The number of rotatable bonds is 5. The van der Waals surface area contributed by atoms with Crippen molar-refractivity contribution < 1.29 is 4.42 Å². The second-order valence-corrected chi connectivity index (χ2v) is 14.5. The Morgan fingerprint density at radius 3 is 1.68 bits per heavy atom. The van der Waals surface area contributed by atoms with Crippen molar-refractivity contribution in [3.05, 3.63) is 200 Å². The van der Waals surface area contributed by atoms with E-state index in [0.717, 1.165) is 61.4 Å². The number of furan rings is 1. The zero-order valence-electron chi connectivity index (χ0n) is 30.3. The number of anilines is 3. The van der Waals surface area contributed by atoms with Gasteiger partial charge in [-0.25, -0.2) is 0 Å². The van der Waals surface area contributed by atoms with Crippen LogP contribution in [0.5, 0.6) is 0 Å². The van der Waals surface area contributed by atoms with Crippen LogP contribution in [0.2, 0.25) is 0 Å². The van der Waals surface area contributed by atoms with Gasteiger partial charge in [0.25, 0.3) is 0 Å². The quantitative estimate of drug-likeness (QED) is 0.177. The molecule has 262 valence electrons. The molecule has 0 bridgehead atoms. The summed E-state index contributed by atoms with van der Waals surface area (Å²) in [5.74, 6) is 0. The Morgan fingerprint density at radius 1 is 0.339 bits per heavy atom. The lowest BCUT2D eigenvalue weighted by Gasteiger charge is -2.27. The van der Waals surface area contributed by atoms with E-state index < -0.39 is 0 Å². The van der Waals surface area contributed by atoms with Crippen LogP contribution in [0.1, 0.15) is 0 Å². The summed E-state index contributed by atoms with van der Waals surface area (Å²) < 4.78 is 11.5. The number of nitrogens with zero attached hydrogens (tertiary/aromatic N) is 3. The van der Waals surface area contributed by atoms with Gasteiger partial charge in [-0.05, 0) is 89.6 Å². The van der Waals surface area contributed by atoms with Gasteiger partial charge in [0, 0.05) is 49.4 Å². The summed E-state index contributed by atoms with van der Waals surface area (Å²) >= 11 is 0. The molecule has 0 amide bonds. The molecule has 0 atom stereocenters. The predicted molar refractivity (Wildman–Crippen MR) is 235 cm³/mol. The number of benzene rings is 9. The molecule has 12 rings (SSSR count). The zero-order valence-corrected chi connectivity index (χ0v) is 30.3. The lowest BCUT2D eigenvalue weighted by molar-refractivity contribution is 0.669. The minimum Gasteiger partial charge on any atom is -0.454 e. The van der Waals surface area contributed by atoms with Crippen LogP contribution in [-0.2, 0) is 0 Å². The topological polar surface area (TPSA) is 26.2 Å². The molecule has 0 aliphatic rings. The maximum Gasteiger partial charge on any atom is 0.159 e. The van der Waals surface area contributed by atoms with Crippen LogP contribution < -0.4 is 4.90 Å². The SMILES string of the molecule is c1ccc(-n2c3ccccc3c3c(N(c4ccc(-n5c6ccccc6c6c7ccccc7ccc65)cc4)c4cccc5c4oc4ccccc45)cccc32)cc1. The van der Waals surface area contributed by atoms with E-state index >= 15 is 0 Å². The third-order valence-electron chi connectivity index (χ3n) is 11.5.